The summed E-state index contributed by atoms with van der Waals surface area (Å²) >= 11 is 3.41. The van der Waals surface area contributed by atoms with E-state index in [0.29, 0.717) is 10.2 Å². The van der Waals surface area contributed by atoms with Gasteiger partial charge >= 0.3 is 0 Å². The van der Waals surface area contributed by atoms with Gasteiger partial charge in [-0.25, -0.2) is 8.42 Å². The lowest BCUT2D eigenvalue weighted by atomic mass is 10.1. The largest absolute Gasteiger partial charge is 0.350 e. The van der Waals surface area contributed by atoms with E-state index in [1.807, 2.05) is 58.9 Å². The number of benzene rings is 3. The van der Waals surface area contributed by atoms with E-state index in [4.69, 9.17) is 0 Å². The summed E-state index contributed by atoms with van der Waals surface area (Å²) in [7, 11) is -4.11. The minimum Gasteiger partial charge on any atom is -0.350 e. The molecule has 3 aromatic carbocycles. The first-order valence-corrected chi connectivity index (χ1v) is 14.9. The fraction of sp³-hybridized carbons (Fsp3) is 0.333. The van der Waals surface area contributed by atoms with Crippen LogP contribution >= 0.6 is 15.9 Å². The molecular weight excluding hydrogens is 578 g/mol. The Labute approximate surface area is 240 Å². The summed E-state index contributed by atoms with van der Waals surface area (Å²) in [6, 6.07) is 20.1. The maximum Gasteiger partial charge on any atom is 0.264 e. The lowest BCUT2D eigenvalue weighted by molar-refractivity contribution is -0.140. The Morgan fingerprint density at radius 1 is 0.949 bits per heavy atom. The molecule has 0 heterocycles. The second kappa shape index (κ2) is 12.3. The summed E-state index contributed by atoms with van der Waals surface area (Å²) in [6.45, 7) is 10.8. The van der Waals surface area contributed by atoms with Gasteiger partial charge in [0, 0.05) is 16.6 Å². The smallest absolute Gasteiger partial charge is 0.264 e. The van der Waals surface area contributed by atoms with Gasteiger partial charge in [-0.05, 0) is 83.0 Å². The van der Waals surface area contributed by atoms with E-state index in [2.05, 4.69) is 21.2 Å². The van der Waals surface area contributed by atoms with Gasteiger partial charge in [0.15, 0.2) is 0 Å². The highest BCUT2D eigenvalue weighted by Crippen LogP contribution is 2.27. The van der Waals surface area contributed by atoms with Crippen molar-refractivity contribution in [2.45, 2.75) is 64.6 Å². The van der Waals surface area contributed by atoms with Crippen molar-refractivity contribution in [2.24, 2.45) is 0 Å². The number of sulfonamides is 1. The number of aryl methyl sites for hydroxylation is 2. The molecule has 0 aliphatic rings. The zero-order valence-corrected chi connectivity index (χ0v) is 25.6. The number of halogens is 1. The topological polar surface area (TPSA) is 86.8 Å². The maximum atomic E-state index is 14.0. The van der Waals surface area contributed by atoms with Gasteiger partial charge in [-0.3, -0.25) is 13.9 Å². The predicted octanol–water partition coefficient (Wildman–Crippen LogP) is 5.59. The van der Waals surface area contributed by atoms with Crippen molar-refractivity contribution >= 4 is 43.5 Å². The molecule has 7 nitrogen and oxygen atoms in total. The van der Waals surface area contributed by atoms with E-state index in [1.54, 1.807) is 43.3 Å². The molecule has 3 aromatic rings. The molecule has 0 aromatic heterocycles. The summed E-state index contributed by atoms with van der Waals surface area (Å²) in [5, 5.41) is 2.94. The Hall–Kier alpha value is -3.17. The van der Waals surface area contributed by atoms with Crippen molar-refractivity contribution < 1.29 is 18.0 Å². The van der Waals surface area contributed by atoms with Gasteiger partial charge in [0.05, 0.1) is 10.6 Å². The molecule has 0 fully saturated rings. The Bertz CT molecular complexity index is 1430. The molecule has 1 N–H and O–H groups in total. The van der Waals surface area contributed by atoms with Gasteiger partial charge in [-0.1, -0.05) is 64.0 Å². The molecule has 1 atom stereocenters. The second-order valence-electron chi connectivity index (χ2n) is 10.7. The lowest BCUT2D eigenvalue weighted by Crippen LogP contribution is -2.54. The molecule has 0 aliphatic carbocycles. The number of hydrogen-bond donors (Lipinski definition) is 1. The number of nitrogens with zero attached hydrogens (tertiary/aromatic N) is 2. The van der Waals surface area contributed by atoms with Crippen LogP contribution in [0.4, 0.5) is 5.69 Å². The molecule has 39 heavy (non-hydrogen) atoms. The quantitative estimate of drug-likeness (QED) is 0.341. The first-order valence-electron chi connectivity index (χ1n) is 12.7. The van der Waals surface area contributed by atoms with Gasteiger partial charge in [-0.2, -0.15) is 0 Å². The summed E-state index contributed by atoms with van der Waals surface area (Å²) in [4.78, 5) is 28.7. The zero-order chi connectivity index (χ0) is 29.0. The normalized spacial score (nSPS) is 12.5. The monoisotopic (exact) mass is 613 g/mol. The van der Waals surface area contributed by atoms with Crippen molar-refractivity contribution in [3.63, 3.8) is 0 Å². The van der Waals surface area contributed by atoms with Crippen LogP contribution in [-0.2, 0) is 26.2 Å². The summed E-state index contributed by atoms with van der Waals surface area (Å²) in [6.07, 6.45) is 0. The standard InChI is InChI=1S/C30H36BrN3O4S/c1-21-14-16-27(17-15-21)39(37,38)34(26-13-9-12-25(31)18-26)20-28(35)33(19-24-11-8-7-10-22(24)2)23(3)29(36)32-30(4,5)6/h7-18,23H,19-20H2,1-6H3,(H,32,36)/t23-/m0/s1. The van der Waals surface area contributed by atoms with Gasteiger partial charge in [0.2, 0.25) is 11.8 Å². The molecule has 0 aliphatic heterocycles. The second-order valence-corrected chi connectivity index (χ2v) is 13.4. The van der Waals surface area contributed by atoms with E-state index in [-0.39, 0.29) is 17.3 Å². The van der Waals surface area contributed by atoms with E-state index in [0.717, 1.165) is 21.0 Å². The Morgan fingerprint density at radius 3 is 2.18 bits per heavy atom. The van der Waals surface area contributed by atoms with Crippen molar-refractivity contribution in [3.05, 3.63) is 94.0 Å². The average Bonchev–Trinajstić information content (AvgIpc) is 2.85. The third-order valence-electron chi connectivity index (χ3n) is 6.25. The van der Waals surface area contributed by atoms with Crippen LogP contribution in [0.15, 0.2) is 82.2 Å². The number of carbonyl (C=O) groups is 2. The van der Waals surface area contributed by atoms with E-state index < -0.39 is 34.1 Å². The van der Waals surface area contributed by atoms with Crippen LogP contribution in [0.25, 0.3) is 0 Å². The third-order valence-corrected chi connectivity index (χ3v) is 8.53. The van der Waals surface area contributed by atoms with Gasteiger partial charge in [0.25, 0.3) is 10.0 Å². The molecule has 0 saturated heterocycles. The molecule has 208 valence electrons. The zero-order valence-electron chi connectivity index (χ0n) is 23.2. The molecule has 2 amide bonds. The molecule has 0 unspecified atom stereocenters. The molecule has 0 saturated carbocycles. The van der Waals surface area contributed by atoms with Crippen LogP contribution in [0, 0.1) is 13.8 Å². The number of anilines is 1. The van der Waals surface area contributed by atoms with E-state index in [1.165, 1.54) is 17.0 Å². The number of amides is 2. The first-order chi connectivity index (χ1) is 18.2. The molecular formula is C30H36BrN3O4S. The predicted molar refractivity (Wildman–Crippen MR) is 159 cm³/mol. The maximum absolute atomic E-state index is 14.0. The van der Waals surface area contributed by atoms with Crippen molar-refractivity contribution in [1.82, 2.24) is 10.2 Å². The highest BCUT2D eigenvalue weighted by Gasteiger charge is 2.33. The number of rotatable bonds is 9. The lowest BCUT2D eigenvalue weighted by Gasteiger charge is -2.33. The summed E-state index contributed by atoms with van der Waals surface area (Å²) in [5.41, 5.74) is 2.59. The first kappa shape index (κ1) is 30.4. The minimum absolute atomic E-state index is 0.0739. The van der Waals surface area contributed by atoms with Crippen LogP contribution in [0.3, 0.4) is 0 Å². The highest BCUT2D eigenvalue weighted by molar-refractivity contribution is 9.10. The molecule has 0 spiro atoms. The van der Waals surface area contributed by atoms with Crippen LogP contribution in [0.2, 0.25) is 0 Å². The van der Waals surface area contributed by atoms with Crippen LogP contribution in [0.1, 0.15) is 44.4 Å². The Balaban J connectivity index is 2.05. The minimum atomic E-state index is -4.11. The van der Waals surface area contributed by atoms with E-state index in [9.17, 15) is 18.0 Å². The Morgan fingerprint density at radius 2 is 1.59 bits per heavy atom. The van der Waals surface area contributed by atoms with Crippen LogP contribution < -0.4 is 9.62 Å². The summed E-state index contributed by atoms with van der Waals surface area (Å²) < 4.78 is 29.5. The van der Waals surface area contributed by atoms with Gasteiger partial charge in [-0.15, -0.1) is 0 Å². The number of hydrogen-bond acceptors (Lipinski definition) is 4. The van der Waals surface area contributed by atoms with Crippen LogP contribution in [-0.4, -0.2) is 43.3 Å². The Kier molecular flexibility index (Phi) is 9.61. The van der Waals surface area contributed by atoms with Crippen molar-refractivity contribution in [2.75, 3.05) is 10.8 Å². The average molecular weight is 615 g/mol. The van der Waals surface area contributed by atoms with Crippen molar-refractivity contribution in [3.8, 4) is 0 Å². The fourth-order valence-corrected chi connectivity index (χ4v) is 5.82. The molecule has 9 heteroatoms. The SMILES string of the molecule is Cc1ccc(S(=O)(=O)N(CC(=O)N(Cc2ccccc2C)[C@@H](C)C(=O)NC(C)(C)C)c2cccc(Br)c2)cc1. The highest BCUT2D eigenvalue weighted by atomic mass is 79.9. The molecule has 3 rings (SSSR count). The fourth-order valence-electron chi connectivity index (χ4n) is 4.03. The van der Waals surface area contributed by atoms with E-state index >= 15 is 0 Å². The summed E-state index contributed by atoms with van der Waals surface area (Å²) in [5.74, 6) is -0.815. The third kappa shape index (κ3) is 7.92. The molecule has 0 bridgehead atoms. The number of carbonyl (C=O) groups excluding carboxylic acids is 2. The number of nitrogens with one attached hydrogen (secondary N) is 1. The van der Waals surface area contributed by atoms with Gasteiger partial charge in [0.1, 0.15) is 12.6 Å². The van der Waals surface area contributed by atoms with Crippen molar-refractivity contribution in [1.29, 1.82) is 0 Å². The van der Waals surface area contributed by atoms with Gasteiger partial charge < -0.3 is 10.2 Å². The molecule has 0 radical (unpaired) electrons. The van der Waals surface area contributed by atoms with Crippen LogP contribution in [0.5, 0.6) is 0 Å².